The van der Waals surface area contributed by atoms with E-state index in [0.717, 1.165) is 12.8 Å². The summed E-state index contributed by atoms with van der Waals surface area (Å²) in [6, 6.07) is 0. The Balaban J connectivity index is 2.10. The van der Waals surface area contributed by atoms with E-state index in [4.69, 9.17) is 0 Å². The van der Waals surface area contributed by atoms with E-state index in [2.05, 4.69) is 17.0 Å². The third-order valence-electron chi connectivity index (χ3n) is 2.17. The van der Waals surface area contributed by atoms with E-state index in [1.165, 1.54) is 36.6 Å². The minimum Gasteiger partial charge on any atom is -0.273 e. The van der Waals surface area contributed by atoms with Crippen molar-refractivity contribution >= 4 is 5.91 Å². The van der Waals surface area contributed by atoms with E-state index < -0.39 is 0 Å². The molecule has 4 heteroatoms. The number of nitrogens with zero attached hydrogens (tertiary/aromatic N) is 3. The molecule has 0 aromatic carbocycles. The van der Waals surface area contributed by atoms with Crippen LogP contribution in [0.2, 0.25) is 0 Å². The van der Waals surface area contributed by atoms with E-state index in [1.54, 1.807) is 0 Å². The van der Waals surface area contributed by atoms with Gasteiger partial charge >= 0.3 is 0 Å². The van der Waals surface area contributed by atoms with Gasteiger partial charge in [-0.05, 0) is 6.42 Å². The van der Waals surface area contributed by atoms with Crippen LogP contribution < -0.4 is 0 Å². The van der Waals surface area contributed by atoms with E-state index >= 15 is 0 Å². The van der Waals surface area contributed by atoms with Crippen LogP contribution in [0.15, 0.2) is 12.7 Å². The molecule has 0 unspecified atom stereocenters. The van der Waals surface area contributed by atoms with Gasteiger partial charge in [-0.15, -0.1) is 0 Å². The molecule has 0 saturated heterocycles. The summed E-state index contributed by atoms with van der Waals surface area (Å²) in [7, 11) is 0. The predicted octanol–water partition coefficient (Wildman–Crippen LogP) is 2.28. The summed E-state index contributed by atoms with van der Waals surface area (Å²) in [6.07, 6.45) is 9.22. The van der Waals surface area contributed by atoms with Gasteiger partial charge in [-0.2, -0.15) is 9.78 Å². The molecular weight excluding hydrogens is 178 g/mol. The van der Waals surface area contributed by atoms with Crippen molar-refractivity contribution in [3.63, 3.8) is 0 Å². The highest BCUT2D eigenvalue weighted by Gasteiger charge is 2.03. The summed E-state index contributed by atoms with van der Waals surface area (Å²) in [5.41, 5.74) is 0. The Bertz CT molecular complexity index is 256. The van der Waals surface area contributed by atoms with Gasteiger partial charge < -0.3 is 0 Å². The molecule has 0 saturated carbocycles. The quantitative estimate of drug-likeness (QED) is 0.654. The molecule has 0 aliphatic rings. The lowest BCUT2D eigenvalue weighted by Crippen LogP contribution is -2.10. The van der Waals surface area contributed by atoms with Crippen molar-refractivity contribution in [1.29, 1.82) is 0 Å². The monoisotopic (exact) mass is 195 g/mol. The zero-order valence-corrected chi connectivity index (χ0v) is 8.65. The lowest BCUT2D eigenvalue weighted by Gasteiger charge is -1.99. The van der Waals surface area contributed by atoms with Crippen LogP contribution in [-0.2, 0) is 0 Å². The van der Waals surface area contributed by atoms with Crippen LogP contribution in [0, 0.1) is 0 Å². The molecule has 4 nitrogen and oxygen atoms in total. The van der Waals surface area contributed by atoms with Crippen molar-refractivity contribution in [2.45, 2.75) is 45.4 Å². The molecule has 0 bridgehead atoms. The molecule has 0 atom stereocenters. The van der Waals surface area contributed by atoms with Gasteiger partial charge in [-0.25, -0.2) is 4.98 Å². The summed E-state index contributed by atoms with van der Waals surface area (Å²) < 4.78 is 1.31. The maximum absolute atomic E-state index is 11.4. The number of aromatic nitrogens is 3. The number of carbonyl (C=O) groups excluding carboxylic acids is 1. The maximum atomic E-state index is 11.4. The predicted molar refractivity (Wildman–Crippen MR) is 54.0 cm³/mol. The Labute approximate surface area is 84.3 Å². The van der Waals surface area contributed by atoms with E-state index in [9.17, 15) is 4.79 Å². The fraction of sp³-hybridized carbons (Fsp3) is 0.700. The molecule has 14 heavy (non-hydrogen) atoms. The SMILES string of the molecule is CCCCCCCC(=O)n1cncn1. The summed E-state index contributed by atoms with van der Waals surface area (Å²) in [5, 5.41) is 3.79. The second kappa shape index (κ2) is 6.29. The molecule has 0 radical (unpaired) electrons. The van der Waals surface area contributed by atoms with Crippen molar-refractivity contribution in [1.82, 2.24) is 14.8 Å². The number of hydrogen-bond donors (Lipinski definition) is 0. The first-order valence-corrected chi connectivity index (χ1v) is 5.22. The molecule has 0 fully saturated rings. The van der Waals surface area contributed by atoms with E-state index in [0.29, 0.717) is 6.42 Å². The number of unbranched alkanes of at least 4 members (excludes halogenated alkanes) is 4. The summed E-state index contributed by atoms with van der Waals surface area (Å²) >= 11 is 0. The van der Waals surface area contributed by atoms with Gasteiger partial charge in [0, 0.05) is 6.42 Å². The molecule has 0 spiro atoms. The van der Waals surface area contributed by atoms with Crippen molar-refractivity contribution in [2.75, 3.05) is 0 Å². The van der Waals surface area contributed by atoms with Gasteiger partial charge in [0.15, 0.2) is 0 Å². The second-order valence-electron chi connectivity index (χ2n) is 3.40. The highest BCUT2D eigenvalue weighted by molar-refractivity contribution is 5.77. The number of rotatable bonds is 6. The van der Waals surface area contributed by atoms with Crippen molar-refractivity contribution in [2.24, 2.45) is 0 Å². The minimum absolute atomic E-state index is 0.0407. The highest BCUT2D eigenvalue weighted by atomic mass is 16.2. The van der Waals surface area contributed by atoms with Gasteiger partial charge in [0.2, 0.25) is 5.91 Å². The van der Waals surface area contributed by atoms with Crippen LogP contribution >= 0.6 is 0 Å². The smallest absolute Gasteiger partial charge is 0.248 e. The molecule has 1 aromatic rings. The zero-order valence-electron chi connectivity index (χ0n) is 8.65. The van der Waals surface area contributed by atoms with Gasteiger partial charge in [0.05, 0.1) is 0 Å². The fourth-order valence-corrected chi connectivity index (χ4v) is 1.33. The van der Waals surface area contributed by atoms with E-state index in [1.807, 2.05) is 0 Å². The van der Waals surface area contributed by atoms with Gasteiger partial charge in [-0.1, -0.05) is 32.6 Å². The Morgan fingerprint density at radius 3 is 2.71 bits per heavy atom. The normalized spacial score (nSPS) is 10.4. The Hall–Kier alpha value is -1.19. The first-order chi connectivity index (χ1) is 6.84. The summed E-state index contributed by atoms with van der Waals surface area (Å²) in [4.78, 5) is 15.1. The molecule has 78 valence electrons. The number of carbonyl (C=O) groups is 1. The van der Waals surface area contributed by atoms with Crippen molar-refractivity contribution < 1.29 is 4.79 Å². The van der Waals surface area contributed by atoms with Gasteiger partial charge in [-0.3, -0.25) is 4.79 Å². The Morgan fingerprint density at radius 1 is 1.29 bits per heavy atom. The zero-order chi connectivity index (χ0) is 10.2. The lowest BCUT2D eigenvalue weighted by molar-refractivity contribution is 0.0882. The average molecular weight is 195 g/mol. The fourth-order valence-electron chi connectivity index (χ4n) is 1.33. The van der Waals surface area contributed by atoms with Gasteiger partial charge in [0.1, 0.15) is 12.7 Å². The molecule has 0 N–H and O–H groups in total. The first-order valence-electron chi connectivity index (χ1n) is 5.22. The van der Waals surface area contributed by atoms with Crippen LogP contribution in [-0.4, -0.2) is 20.7 Å². The van der Waals surface area contributed by atoms with Crippen LogP contribution in [0.5, 0.6) is 0 Å². The second-order valence-corrected chi connectivity index (χ2v) is 3.40. The van der Waals surface area contributed by atoms with Crippen LogP contribution in [0.3, 0.4) is 0 Å². The molecule has 1 aromatic heterocycles. The minimum atomic E-state index is 0.0407. The molecule has 0 aliphatic heterocycles. The molecule has 0 amide bonds. The van der Waals surface area contributed by atoms with E-state index in [-0.39, 0.29) is 5.91 Å². The number of hydrogen-bond acceptors (Lipinski definition) is 3. The summed E-state index contributed by atoms with van der Waals surface area (Å²) in [5.74, 6) is 0.0407. The molecular formula is C10H17N3O. The Kier molecular flexibility index (Phi) is 4.89. The van der Waals surface area contributed by atoms with Crippen molar-refractivity contribution in [3.8, 4) is 0 Å². The third-order valence-corrected chi connectivity index (χ3v) is 2.17. The molecule has 1 rings (SSSR count). The van der Waals surface area contributed by atoms with Gasteiger partial charge in [0.25, 0.3) is 0 Å². The molecule has 1 heterocycles. The Morgan fingerprint density at radius 2 is 2.07 bits per heavy atom. The standard InChI is InChI=1S/C10H17N3O/c1-2-3-4-5-6-7-10(14)13-9-11-8-12-13/h8-9H,2-7H2,1H3. The van der Waals surface area contributed by atoms with Crippen LogP contribution in [0.25, 0.3) is 0 Å². The summed E-state index contributed by atoms with van der Waals surface area (Å²) in [6.45, 7) is 2.18. The van der Waals surface area contributed by atoms with Crippen molar-refractivity contribution in [3.05, 3.63) is 12.7 Å². The first kappa shape index (κ1) is 10.9. The largest absolute Gasteiger partial charge is 0.273 e. The van der Waals surface area contributed by atoms with Crippen LogP contribution in [0.4, 0.5) is 0 Å². The molecule has 0 aliphatic carbocycles. The van der Waals surface area contributed by atoms with Crippen LogP contribution in [0.1, 0.15) is 50.2 Å². The maximum Gasteiger partial charge on any atom is 0.248 e. The highest BCUT2D eigenvalue weighted by Crippen LogP contribution is 2.05. The average Bonchev–Trinajstić information content (AvgIpc) is 2.70. The topological polar surface area (TPSA) is 47.8 Å². The third kappa shape index (κ3) is 3.68. The lowest BCUT2D eigenvalue weighted by atomic mass is 10.1.